The summed E-state index contributed by atoms with van der Waals surface area (Å²) in [7, 11) is 1.57. The molecule has 0 fully saturated rings. The predicted octanol–water partition coefficient (Wildman–Crippen LogP) is 2.97. The third-order valence-corrected chi connectivity index (χ3v) is 2.99. The van der Waals surface area contributed by atoms with Gasteiger partial charge in [-0.05, 0) is 36.4 Å². The zero-order valence-corrected chi connectivity index (χ0v) is 12.2. The number of anilines is 2. The molecule has 0 spiro atoms. The molecule has 4 N–H and O–H groups in total. The number of methoxy groups -OCH3 is 1. The minimum absolute atomic E-state index is 0.322. The Morgan fingerprint density at radius 2 is 1.76 bits per heavy atom. The third kappa shape index (κ3) is 4.19. The Kier molecular flexibility index (Phi) is 4.73. The van der Waals surface area contributed by atoms with Gasteiger partial charge in [0.15, 0.2) is 0 Å². The van der Waals surface area contributed by atoms with Gasteiger partial charge in [0.1, 0.15) is 10.7 Å². The summed E-state index contributed by atoms with van der Waals surface area (Å²) >= 11 is 4.87. The molecule has 21 heavy (non-hydrogen) atoms. The first-order chi connectivity index (χ1) is 10.1. The number of rotatable bonds is 4. The number of nitrogens with one attached hydrogen (secondary N) is 2. The van der Waals surface area contributed by atoms with Gasteiger partial charge < -0.3 is 21.1 Å². The van der Waals surface area contributed by atoms with Gasteiger partial charge in [-0.1, -0.05) is 18.3 Å². The summed E-state index contributed by atoms with van der Waals surface area (Å²) in [5, 5.41) is 5.44. The van der Waals surface area contributed by atoms with Crippen molar-refractivity contribution in [2.24, 2.45) is 5.73 Å². The van der Waals surface area contributed by atoms with E-state index in [1.165, 1.54) is 0 Å². The fourth-order valence-corrected chi connectivity index (χ4v) is 1.85. The van der Waals surface area contributed by atoms with E-state index in [4.69, 9.17) is 22.7 Å². The van der Waals surface area contributed by atoms with Gasteiger partial charge in [-0.15, -0.1) is 0 Å². The molecule has 2 rings (SSSR count). The number of carbonyl (C=O) groups excluding carboxylic acids is 1. The van der Waals surface area contributed by atoms with Crippen molar-refractivity contribution in [2.75, 3.05) is 17.7 Å². The van der Waals surface area contributed by atoms with E-state index in [0.29, 0.717) is 22.1 Å². The average molecular weight is 301 g/mol. The van der Waals surface area contributed by atoms with Crippen molar-refractivity contribution < 1.29 is 9.53 Å². The van der Waals surface area contributed by atoms with E-state index in [9.17, 15) is 4.79 Å². The first-order valence-corrected chi connectivity index (χ1v) is 6.61. The van der Waals surface area contributed by atoms with Crippen LogP contribution < -0.4 is 21.1 Å². The van der Waals surface area contributed by atoms with Crippen LogP contribution in [0.1, 0.15) is 5.56 Å². The number of hydrogen-bond acceptors (Lipinski definition) is 3. The van der Waals surface area contributed by atoms with Crippen LogP contribution in [0.4, 0.5) is 16.2 Å². The summed E-state index contributed by atoms with van der Waals surface area (Å²) in [5.41, 5.74) is 7.56. The molecular weight excluding hydrogens is 286 g/mol. The Morgan fingerprint density at radius 3 is 2.38 bits per heavy atom. The third-order valence-electron chi connectivity index (χ3n) is 2.75. The molecule has 0 saturated carbocycles. The second-order valence-corrected chi connectivity index (χ2v) is 4.69. The summed E-state index contributed by atoms with van der Waals surface area (Å²) in [6, 6.07) is 13.7. The number of nitrogens with two attached hydrogens (primary N) is 1. The molecule has 2 amide bonds. The largest absolute Gasteiger partial charge is 0.497 e. The van der Waals surface area contributed by atoms with Crippen molar-refractivity contribution in [3.8, 4) is 5.75 Å². The highest BCUT2D eigenvalue weighted by Crippen LogP contribution is 2.17. The standard InChI is InChI=1S/C15H15N3O2S/c1-20-13-4-2-3-12(9-13)18-15(19)17-11-7-5-10(6-8-11)14(16)21/h2-9H,1H3,(H2,16,21)(H2,17,18,19). The Hall–Kier alpha value is -2.60. The van der Waals surface area contributed by atoms with Crippen molar-refractivity contribution in [1.29, 1.82) is 0 Å². The quantitative estimate of drug-likeness (QED) is 0.759. The fraction of sp³-hybridized carbons (Fsp3) is 0.0667. The molecule has 0 heterocycles. The van der Waals surface area contributed by atoms with E-state index in [-0.39, 0.29) is 6.03 Å². The predicted molar refractivity (Wildman–Crippen MR) is 88.0 cm³/mol. The molecule has 0 aliphatic heterocycles. The molecule has 108 valence electrons. The lowest BCUT2D eigenvalue weighted by Gasteiger charge is -2.09. The molecule has 0 aromatic heterocycles. The van der Waals surface area contributed by atoms with Crippen LogP contribution >= 0.6 is 12.2 Å². The average Bonchev–Trinajstić information content (AvgIpc) is 2.47. The second kappa shape index (κ2) is 6.71. The molecule has 0 aliphatic carbocycles. The molecule has 0 saturated heterocycles. The van der Waals surface area contributed by atoms with Crippen molar-refractivity contribution >= 4 is 34.6 Å². The molecule has 0 radical (unpaired) electrons. The highest BCUT2D eigenvalue weighted by atomic mass is 32.1. The maximum Gasteiger partial charge on any atom is 0.323 e. The van der Waals surface area contributed by atoms with Gasteiger partial charge in [-0.25, -0.2) is 4.79 Å². The Balaban J connectivity index is 1.99. The van der Waals surface area contributed by atoms with Crippen molar-refractivity contribution in [1.82, 2.24) is 0 Å². The molecule has 0 aliphatic rings. The molecule has 2 aromatic carbocycles. The number of amides is 2. The van der Waals surface area contributed by atoms with E-state index in [1.807, 2.05) is 0 Å². The van der Waals surface area contributed by atoms with Crippen LogP contribution in [0.5, 0.6) is 5.75 Å². The van der Waals surface area contributed by atoms with Gasteiger partial charge in [0.2, 0.25) is 0 Å². The van der Waals surface area contributed by atoms with Gasteiger partial charge in [-0.2, -0.15) is 0 Å². The summed E-state index contributed by atoms with van der Waals surface area (Å²) in [6.45, 7) is 0. The number of hydrogen-bond donors (Lipinski definition) is 3. The van der Waals surface area contributed by atoms with E-state index < -0.39 is 0 Å². The van der Waals surface area contributed by atoms with E-state index in [0.717, 1.165) is 5.56 Å². The lowest BCUT2D eigenvalue weighted by Crippen LogP contribution is -2.19. The number of thiocarbonyl (C=S) groups is 1. The first kappa shape index (κ1) is 14.8. The summed E-state index contributed by atoms with van der Waals surface area (Å²) in [5.74, 6) is 0.675. The Bertz CT molecular complexity index is 656. The molecule has 6 heteroatoms. The van der Waals surface area contributed by atoms with Crippen LogP contribution in [-0.2, 0) is 0 Å². The van der Waals surface area contributed by atoms with Crippen LogP contribution in [0.25, 0.3) is 0 Å². The number of carbonyl (C=O) groups is 1. The minimum Gasteiger partial charge on any atom is -0.497 e. The SMILES string of the molecule is COc1cccc(NC(=O)Nc2ccc(C(N)=S)cc2)c1. The number of urea groups is 1. The number of benzene rings is 2. The molecule has 2 aromatic rings. The van der Waals surface area contributed by atoms with Gasteiger partial charge >= 0.3 is 6.03 Å². The van der Waals surface area contributed by atoms with Gasteiger partial charge in [-0.3, -0.25) is 0 Å². The van der Waals surface area contributed by atoms with Crippen LogP contribution in [0, 0.1) is 0 Å². The van der Waals surface area contributed by atoms with Crippen molar-refractivity contribution in [3.63, 3.8) is 0 Å². The topological polar surface area (TPSA) is 76.4 Å². The minimum atomic E-state index is -0.341. The van der Waals surface area contributed by atoms with Gasteiger partial charge in [0.25, 0.3) is 0 Å². The van der Waals surface area contributed by atoms with E-state index >= 15 is 0 Å². The van der Waals surface area contributed by atoms with E-state index in [1.54, 1.807) is 55.6 Å². The molecule has 0 unspecified atom stereocenters. The Morgan fingerprint density at radius 1 is 1.10 bits per heavy atom. The molecule has 0 bridgehead atoms. The second-order valence-electron chi connectivity index (χ2n) is 4.25. The molecule has 0 atom stereocenters. The van der Waals surface area contributed by atoms with Crippen LogP contribution in [-0.4, -0.2) is 18.1 Å². The van der Waals surface area contributed by atoms with Crippen LogP contribution in [0.2, 0.25) is 0 Å². The fourth-order valence-electron chi connectivity index (χ4n) is 1.71. The van der Waals surface area contributed by atoms with E-state index in [2.05, 4.69) is 10.6 Å². The van der Waals surface area contributed by atoms with Crippen LogP contribution in [0.3, 0.4) is 0 Å². The number of ether oxygens (including phenoxy) is 1. The highest BCUT2D eigenvalue weighted by molar-refractivity contribution is 7.80. The molecular formula is C15H15N3O2S. The molecule has 5 nitrogen and oxygen atoms in total. The summed E-state index contributed by atoms with van der Waals surface area (Å²) in [6.07, 6.45) is 0. The zero-order valence-electron chi connectivity index (χ0n) is 11.4. The lowest BCUT2D eigenvalue weighted by atomic mass is 10.2. The highest BCUT2D eigenvalue weighted by Gasteiger charge is 2.04. The monoisotopic (exact) mass is 301 g/mol. The normalized spacial score (nSPS) is 9.76. The Labute approximate surface area is 128 Å². The summed E-state index contributed by atoms with van der Waals surface area (Å²) in [4.78, 5) is 12.2. The first-order valence-electron chi connectivity index (χ1n) is 6.20. The van der Waals surface area contributed by atoms with Crippen molar-refractivity contribution in [2.45, 2.75) is 0 Å². The van der Waals surface area contributed by atoms with Crippen molar-refractivity contribution in [3.05, 3.63) is 54.1 Å². The zero-order chi connectivity index (χ0) is 15.2. The van der Waals surface area contributed by atoms with Gasteiger partial charge in [0.05, 0.1) is 7.11 Å². The maximum absolute atomic E-state index is 11.9. The lowest BCUT2D eigenvalue weighted by molar-refractivity contribution is 0.262. The smallest absolute Gasteiger partial charge is 0.323 e. The van der Waals surface area contributed by atoms with Gasteiger partial charge in [0, 0.05) is 23.0 Å². The maximum atomic E-state index is 11.9. The summed E-state index contributed by atoms with van der Waals surface area (Å²) < 4.78 is 5.09. The van der Waals surface area contributed by atoms with Crippen LogP contribution in [0.15, 0.2) is 48.5 Å².